The summed E-state index contributed by atoms with van der Waals surface area (Å²) in [6, 6.07) is -0.821. The number of rotatable bonds is 3. The highest BCUT2D eigenvalue weighted by Crippen LogP contribution is 2.18. The maximum absolute atomic E-state index is 12.1. The van der Waals surface area contributed by atoms with Crippen LogP contribution in [0.3, 0.4) is 0 Å². The minimum Gasteiger partial charge on any atom is -0.344 e. The second kappa shape index (κ2) is 5.69. The molecule has 0 aromatic heterocycles. The molecule has 0 aromatic carbocycles. The smallest absolute Gasteiger partial charge is 0.252 e. The molecular weight excluding hydrogens is 246 g/mol. The van der Waals surface area contributed by atoms with Crippen LogP contribution in [0.5, 0.6) is 0 Å². The normalized spacial score (nSPS) is 25.2. The van der Waals surface area contributed by atoms with Crippen LogP contribution in [-0.4, -0.2) is 47.8 Å². The topological polar surface area (TPSA) is 78.5 Å². The van der Waals surface area contributed by atoms with Gasteiger partial charge in [0, 0.05) is 12.0 Å². The van der Waals surface area contributed by atoms with Gasteiger partial charge < -0.3 is 10.6 Å². The number of carbonyl (C=O) groups excluding carboxylic acids is 3. The fraction of sp³-hybridized carbons (Fsp3) is 0.769. The number of hydrogen-bond acceptors (Lipinski definition) is 4. The van der Waals surface area contributed by atoms with Crippen LogP contribution in [0.1, 0.15) is 33.1 Å². The Labute approximate surface area is 112 Å². The molecule has 2 saturated heterocycles. The summed E-state index contributed by atoms with van der Waals surface area (Å²) in [6.07, 6.45) is 1.66. The first kappa shape index (κ1) is 14.0. The molecule has 3 amide bonds. The first-order valence-electron chi connectivity index (χ1n) is 6.87. The van der Waals surface area contributed by atoms with Crippen molar-refractivity contribution in [2.45, 2.75) is 45.2 Å². The maximum Gasteiger partial charge on any atom is 0.252 e. The zero-order valence-electron chi connectivity index (χ0n) is 11.4. The third-order valence-electron chi connectivity index (χ3n) is 3.73. The van der Waals surface area contributed by atoms with E-state index in [0.717, 1.165) is 25.9 Å². The summed E-state index contributed by atoms with van der Waals surface area (Å²) in [5.41, 5.74) is 0. The lowest BCUT2D eigenvalue weighted by Crippen LogP contribution is -2.47. The number of carbonyl (C=O) groups is 3. The SMILES string of the molecule is CC(C)N1C(=O)CC(NC(=O)C2CCNCC2)C1=O. The predicted molar refractivity (Wildman–Crippen MR) is 69.1 cm³/mol. The summed E-state index contributed by atoms with van der Waals surface area (Å²) < 4.78 is 0. The Morgan fingerprint density at radius 1 is 1.32 bits per heavy atom. The maximum atomic E-state index is 12.1. The van der Waals surface area contributed by atoms with E-state index >= 15 is 0 Å². The zero-order valence-corrected chi connectivity index (χ0v) is 11.4. The van der Waals surface area contributed by atoms with Crippen molar-refractivity contribution >= 4 is 17.7 Å². The molecule has 1 unspecified atom stereocenters. The van der Waals surface area contributed by atoms with Gasteiger partial charge in [-0.2, -0.15) is 0 Å². The summed E-state index contributed by atoms with van der Waals surface area (Å²) in [5.74, 6) is -0.617. The summed E-state index contributed by atoms with van der Waals surface area (Å²) in [5, 5.41) is 5.93. The van der Waals surface area contributed by atoms with Crippen LogP contribution in [0.15, 0.2) is 0 Å². The third kappa shape index (κ3) is 2.94. The van der Waals surface area contributed by atoms with Gasteiger partial charge in [0.25, 0.3) is 5.91 Å². The van der Waals surface area contributed by atoms with Gasteiger partial charge in [0.05, 0.1) is 6.42 Å². The monoisotopic (exact) mass is 267 g/mol. The Hall–Kier alpha value is -1.43. The van der Waals surface area contributed by atoms with E-state index in [9.17, 15) is 14.4 Å². The number of piperidine rings is 1. The molecule has 19 heavy (non-hydrogen) atoms. The molecule has 0 radical (unpaired) electrons. The number of imide groups is 1. The minimum absolute atomic E-state index is 0.0442. The zero-order chi connectivity index (χ0) is 14.0. The van der Waals surface area contributed by atoms with Crippen LogP contribution in [-0.2, 0) is 14.4 Å². The van der Waals surface area contributed by atoms with Crippen molar-refractivity contribution in [3.8, 4) is 0 Å². The molecule has 6 nitrogen and oxygen atoms in total. The molecule has 0 aliphatic carbocycles. The van der Waals surface area contributed by atoms with Crippen molar-refractivity contribution in [1.29, 1.82) is 0 Å². The van der Waals surface area contributed by atoms with Gasteiger partial charge in [-0.15, -0.1) is 0 Å². The number of nitrogens with one attached hydrogen (secondary N) is 2. The Morgan fingerprint density at radius 2 is 1.95 bits per heavy atom. The molecule has 2 aliphatic rings. The Bertz CT molecular complexity index is 389. The largest absolute Gasteiger partial charge is 0.344 e. The molecule has 0 spiro atoms. The van der Waals surface area contributed by atoms with Gasteiger partial charge in [0.2, 0.25) is 11.8 Å². The number of nitrogens with zero attached hydrogens (tertiary/aromatic N) is 1. The highest BCUT2D eigenvalue weighted by Gasteiger charge is 2.41. The summed E-state index contributed by atoms with van der Waals surface area (Å²) in [7, 11) is 0. The molecule has 0 bridgehead atoms. The van der Waals surface area contributed by atoms with Crippen LogP contribution in [0.4, 0.5) is 0 Å². The number of amides is 3. The van der Waals surface area contributed by atoms with Crippen LogP contribution in [0.25, 0.3) is 0 Å². The second-order valence-corrected chi connectivity index (χ2v) is 5.49. The lowest BCUT2D eigenvalue weighted by molar-refractivity contribution is -0.141. The van der Waals surface area contributed by atoms with E-state index in [4.69, 9.17) is 0 Å². The Morgan fingerprint density at radius 3 is 2.47 bits per heavy atom. The lowest BCUT2D eigenvalue weighted by atomic mass is 9.97. The minimum atomic E-state index is -0.669. The van der Waals surface area contributed by atoms with Gasteiger partial charge in [-0.25, -0.2) is 0 Å². The molecule has 2 heterocycles. The van der Waals surface area contributed by atoms with Gasteiger partial charge in [-0.1, -0.05) is 0 Å². The van der Waals surface area contributed by atoms with E-state index in [1.807, 2.05) is 0 Å². The highest BCUT2D eigenvalue weighted by atomic mass is 16.2. The summed E-state index contributed by atoms with van der Waals surface area (Å²) >= 11 is 0. The Kier molecular flexibility index (Phi) is 4.19. The van der Waals surface area contributed by atoms with Crippen molar-refractivity contribution < 1.29 is 14.4 Å². The van der Waals surface area contributed by atoms with Crippen molar-refractivity contribution in [2.24, 2.45) is 5.92 Å². The molecule has 1 atom stereocenters. The molecule has 2 aliphatic heterocycles. The van der Waals surface area contributed by atoms with Crippen molar-refractivity contribution in [3.05, 3.63) is 0 Å². The van der Waals surface area contributed by atoms with Crippen molar-refractivity contribution in [3.63, 3.8) is 0 Å². The molecule has 0 saturated carbocycles. The first-order valence-corrected chi connectivity index (χ1v) is 6.87. The first-order chi connectivity index (χ1) is 9.00. The molecule has 0 aromatic rings. The van der Waals surface area contributed by atoms with Gasteiger partial charge in [0.15, 0.2) is 0 Å². The highest BCUT2D eigenvalue weighted by molar-refractivity contribution is 6.07. The molecule has 2 fully saturated rings. The number of hydrogen-bond donors (Lipinski definition) is 2. The van der Waals surface area contributed by atoms with Gasteiger partial charge in [0.1, 0.15) is 6.04 Å². The van der Waals surface area contributed by atoms with Crippen LogP contribution >= 0.6 is 0 Å². The fourth-order valence-corrected chi connectivity index (χ4v) is 2.68. The fourth-order valence-electron chi connectivity index (χ4n) is 2.68. The van der Waals surface area contributed by atoms with E-state index in [1.165, 1.54) is 4.90 Å². The molecule has 6 heteroatoms. The van der Waals surface area contributed by atoms with Gasteiger partial charge in [-0.05, 0) is 39.8 Å². The van der Waals surface area contributed by atoms with Gasteiger partial charge >= 0.3 is 0 Å². The molecule has 2 rings (SSSR count). The van der Waals surface area contributed by atoms with E-state index < -0.39 is 6.04 Å². The molecule has 106 valence electrons. The third-order valence-corrected chi connectivity index (χ3v) is 3.73. The number of likely N-dealkylation sites (tertiary alicyclic amines) is 1. The Balaban J connectivity index is 1.94. The van der Waals surface area contributed by atoms with Crippen LogP contribution in [0.2, 0.25) is 0 Å². The van der Waals surface area contributed by atoms with Crippen LogP contribution < -0.4 is 10.6 Å². The quantitative estimate of drug-likeness (QED) is 0.684. The predicted octanol–water partition coefficient (Wildman–Crippen LogP) is -0.362. The summed E-state index contributed by atoms with van der Waals surface area (Å²) in [4.78, 5) is 37.1. The van der Waals surface area contributed by atoms with E-state index in [2.05, 4.69) is 10.6 Å². The second-order valence-electron chi connectivity index (χ2n) is 5.49. The molecule has 2 N–H and O–H groups in total. The molecular formula is C13H21N3O3. The average Bonchev–Trinajstić information content (AvgIpc) is 2.65. The lowest BCUT2D eigenvalue weighted by Gasteiger charge is -2.23. The van der Waals surface area contributed by atoms with E-state index in [-0.39, 0.29) is 36.1 Å². The van der Waals surface area contributed by atoms with E-state index in [1.54, 1.807) is 13.8 Å². The van der Waals surface area contributed by atoms with Crippen LogP contribution in [0, 0.1) is 5.92 Å². The summed E-state index contributed by atoms with van der Waals surface area (Å²) in [6.45, 7) is 5.25. The van der Waals surface area contributed by atoms with Crippen molar-refractivity contribution in [1.82, 2.24) is 15.5 Å². The average molecular weight is 267 g/mol. The van der Waals surface area contributed by atoms with E-state index in [0.29, 0.717) is 0 Å². The van der Waals surface area contributed by atoms with Gasteiger partial charge in [-0.3, -0.25) is 19.3 Å². The standard InChI is InChI=1S/C13H21N3O3/c1-8(2)16-11(17)7-10(13(16)19)15-12(18)9-3-5-14-6-4-9/h8-10,14H,3-7H2,1-2H3,(H,15,18). The van der Waals surface area contributed by atoms with Crippen molar-refractivity contribution in [2.75, 3.05) is 13.1 Å².